The molecule has 18 heavy (non-hydrogen) atoms. The molecule has 0 bridgehead atoms. The van der Waals surface area contributed by atoms with Crippen molar-refractivity contribution in [2.24, 2.45) is 5.73 Å². The molecule has 0 atom stereocenters. The molecule has 0 aromatic carbocycles. The van der Waals surface area contributed by atoms with E-state index in [2.05, 4.69) is 14.9 Å². The Balaban J connectivity index is 2.15. The van der Waals surface area contributed by atoms with Crippen LogP contribution in [0, 0.1) is 0 Å². The Morgan fingerprint density at radius 2 is 2.22 bits per heavy atom. The van der Waals surface area contributed by atoms with Crippen molar-refractivity contribution in [3.8, 4) is 5.88 Å². The van der Waals surface area contributed by atoms with Crippen LogP contribution in [0.5, 0.6) is 5.88 Å². The minimum Gasteiger partial charge on any atom is -0.478 e. The molecule has 1 saturated carbocycles. The number of rotatable bonds is 6. The van der Waals surface area contributed by atoms with Gasteiger partial charge < -0.3 is 15.4 Å². The van der Waals surface area contributed by atoms with Crippen molar-refractivity contribution >= 4 is 5.95 Å². The molecule has 1 aliphatic carbocycles. The highest BCUT2D eigenvalue weighted by atomic mass is 16.5. The Morgan fingerprint density at radius 3 is 2.89 bits per heavy atom. The molecule has 2 rings (SSSR count). The molecule has 0 amide bonds. The third-order valence-corrected chi connectivity index (χ3v) is 3.30. The van der Waals surface area contributed by atoms with Crippen molar-refractivity contribution in [1.29, 1.82) is 0 Å². The second-order valence-electron chi connectivity index (χ2n) is 4.55. The lowest BCUT2D eigenvalue weighted by atomic mass is 10.2. The van der Waals surface area contributed by atoms with Gasteiger partial charge in [-0.3, -0.25) is 0 Å². The Morgan fingerprint density at radius 1 is 1.44 bits per heavy atom. The van der Waals surface area contributed by atoms with E-state index in [9.17, 15) is 0 Å². The number of hydrogen-bond acceptors (Lipinski definition) is 5. The highest BCUT2D eigenvalue weighted by Gasteiger charge is 2.24. The van der Waals surface area contributed by atoms with Crippen LogP contribution in [0.25, 0.3) is 0 Å². The molecule has 5 heteroatoms. The number of ether oxygens (including phenoxy) is 1. The van der Waals surface area contributed by atoms with Gasteiger partial charge in [0.1, 0.15) is 0 Å². The van der Waals surface area contributed by atoms with Crippen molar-refractivity contribution < 1.29 is 4.74 Å². The van der Waals surface area contributed by atoms with Gasteiger partial charge >= 0.3 is 0 Å². The number of nitrogens with two attached hydrogens (primary N) is 1. The van der Waals surface area contributed by atoms with Crippen molar-refractivity contribution in [2.75, 3.05) is 24.6 Å². The molecule has 0 aliphatic heterocycles. The van der Waals surface area contributed by atoms with Gasteiger partial charge in [-0.25, -0.2) is 4.98 Å². The highest BCUT2D eigenvalue weighted by Crippen LogP contribution is 2.26. The lowest BCUT2D eigenvalue weighted by Crippen LogP contribution is -2.38. The monoisotopic (exact) mass is 250 g/mol. The maximum absolute atomic E-state index is 5.70. The van der Waals surface area contributed by atoms with Crippen molar-refractivity contribution in [2.45, 2.75) is 38.6 Å². The van der Waals surface area contributed by atoms with Crippen molar-refractivity contribution in [1.82, 2.24) is 9.97 Å². The molecule has 1 aromatic heterocycles. The Kier molecular flexibility index (Phi) is 4.75. The fourth-order valence-corrected chi connectivity index (χ4v) is 2.50. The summed E-state index contributed by atoms with van der Waals surface area (Å²) >= 11 is 0. The molecule has 0 saturated heterocycles. The standard InChI is InChI=1S/C13H22N4O/c1-2-18-12-7-9-15-13(16-12)17(10-8-14)11-5-3-4-6-11/h7,9,11H,2-6,8,10,14H2,1H3. The molecule has 1 fully saturated rings. The number of aromatic nitrogens is 2. The average Bonchev–Trinajstić information content (AvgIpc) is 2.90. The molecule has 1 aliphatic rings. The molecule has 2 N–H and O–H groups in total. The first kappa shape index (κ1) is 13.1. The average molecular weight is 250 g/mol. The minimum absolute atomic E-state index is 0.533. The van der Waals surface area contributed by atoms with Gasteiger partial charge in [0.05, 0.1) is 6.61 Å². The van der Waals surface area contributed by atoms with E-state index in [0.717, 1.165) is 12.5 Å². The smallest absolute Gasteiger partial charge is 0.228 e. The lowest BCUT2D eigenvalue weighted by Gasteiger charge is -2.28. The molecule has 0 spiro atoms. The molecule has 1 aromatic rings. The SMILES string of the molecule is CCOc1ccnc(N(CCN)C2CCCC2)n1. The number of hydrogen-bond donors (Lipinski definition) is 1. The lowest BCUT2D eigenvalue weighted by molar-refractivity contribution is 0.326. The first-order chi connectivity index (χ1) is 8.85. The van der Waals surface area contributed by atoms with Crippen LogP contribution in [-0.4, -0.2) is 35.7 Å². The summed E-state index contributed by atoms with van der Waals surface area (Å²) in [4.78, 5) is 11.1. The summed E-state index contributed by atoms with van der Waals surface area (Å²) in [6.45, 7) is 4.01. The Hall–Kier alpha value is -1.36. The third-order valence-electron chi connectivity index (χ3n) is 3.30. The summed E-state index contributed by atoms with van der Waals surface area (Å²) in [5.41, 5.74) is 5.70. The first-order valence-electron chi connectivity index (χ1n) is 6.77. The second-order valence-corrected chi connectivity index (χ2v) is 4.55. The third kappa shape index (κ3) is 3.10. The predicted octanol–water partition coefficient (Wildman–Crippen LogP) is 1.58. The number of nitrogens with zero attached hydrogens (tertiary/aromatic N) is 3. The first-order valence-corrected chi connectivity index (χ1v) is 6.77. The van der Waals surface area contributed by atoms with Gasteiger partial charge in [-0.15, -0.1) is 0 Å². The molecule has 5 nitrogen and oxygen atoms in total. The zero-order valence-corrected chi connectivity index (χ0v) is 11.0. The van der Waals surface area contributed by atoms with E-state index < -0.39 is 0 Å². The molecule has 100 valence electrons. The Labute approximate surface area is 108 Å². The van der Waals surface area contributed by atoms with E-state index in [4.69, 9.17) is 10.5 Å². The van der Waals surface area contributed by atoms with Gasteiger partial charge in [0.25, 0.3) is 0 Å². The van der Waals surface area contributed by atoms with Gasteiger partial charge in [0, 0.05) is 31.4 Å². The van der Waals surface area contributed by atoms with Gasteiger partial charge in [-0.05, 0) is 19.8 Å². The van der Waals surface area contributed by atoms with Crippen LogP contribution < -0.4 is 15.4 Å². The van der Waals surface area contributed by atoms with Crippen LogP contribution in [0.3, 0.4) is 0 Å². The molecule has 0 radical (unpaired) electrons. The van der Waals surface area contributed by atoms with Crippen LogP contribution in [0.15, 0.2) is 12.3 Å². The van der Waals surface area contributed by atoms with E-state index in [-0.39, 0.29) is 0 Å². The topological polar surface area (TPSA) is 64.3 Å². The number of anilines is 1. The van der Waals surface area contributed by atoms with E-state index in [1.165, 1.54) is 25.7 Å². The summed E-state index contributed by atoms with van der Waals surface area (Å²) in [6.07, 6.45) is 6.75. The van der Waals surface area contributed by atoms with E-state index in [1.807, 2.05) is 6.92 Å². The highest BCUT2D eigenvalue weighted by molar-refractivity contribution is 5.34. The van der Waals surface area contributed by atoms with Crippen LogP contribution in [0.4, 0.5) is 5.95 Å². The summed E-state index contributed by atoms with van der Waals surface area (Å²) in [7, 11) is 0. The van der Waals surface area contributed by atoms with Gasteiger partial charge in [-0.1, -0.05) is 12.8 Å². The quantitative estimate of drug-likeness (QED) is 0.830. The largest absolute Gasteiger partial charge is 0.478 e. The summed E-state index contributed by atoms with van der Waals surface area (Å²) in [5, 5.41) is 0. The van der Waals surface area contributed by atoms with Crippen LogP contribution in [0.2, 0.25) is 0 Å². The van der Waals surface area contributed by atoms with Crippen molar-refractivity contribution in [3.63, 3.8) is 0 Å². The van der Waals surface area contributed by atoms with Crippen LogP contribution in [0.1, 0.15) is 32.6 Å². The van der Waals surface area contributed by atoms with E-state index >= 15 is 0 Å². The van der Waals surface area contributed by atoms with E-state index in [0.29, 0.717) is 25.1 Å². The maximum atomic E-state index is 5.70. The molecule has 0 unspecified atom stereocenters. The molecular weight excluding hydrogens is 228 g/mol. The normalized spacial score (nSPS) is 15.9. The fraction of sp³-hybridized carbons (Fsp3) is 0.692. The fourth-order valence-electron chi connectivity index (χ4n) is 2.50. The second kappa shape index (κ2) is 6.54. The zero-order valence-electron chi connectivity index (χ0n) is 11.0. The summed E-state index contributed by atoms with van der Waals surface area (Å²) in [5.74, 6) is 1.39. The molecule has 1 heterocycles. The maximum Gasteiger partial charge on any atom is 0.228 e. The zero-order chi connectivity index (χ0) is 12.8. The predicted molar refractivity (Wildman–Crippen MR) is 71.9 cm³/mol. The van der Waals surface area contributed by atoms with Crippen LogP contribution in [-0.2, 0) is 0 Å². The Bertz CT molecular complexity index is 366. The van der Waals surface area contributed by atoms with Crippen molar-refractivity contribution in [3.05, 3.63) is 12.3 Å². The minimum atomic E-state index is 0.533. The summed E-state index contributed by atoms with van der Waals surface area (Å²) < 4.78 is 5.43. The van der Waals surface area contributed by atoms with Gasteiger partial charge in [0.15, 0.2) is 0 Å². The van der Waals surface area contributed by atoms with E-state index in [1.54, 1.807) is 12.3 Å². The van der Waals surface area contributed by atoms with Gasteiger partial charge in [0.2, 0.25) is 11.8 Å². The van der Waals surface area contributed by atoms with Crippen LogP contribution >= 0.6 is 0 Å². The molecular formula is C13H22N4O. The van der Waals surface area contributed by atoms with Gasteiger partial charge in [-0.2, -0.15) is 4.98 Å². The summed E-state index contributed by atoms with van der Waals surface area (Å²) in [6, 6.07) is 2.33.